The Morgan fingerprint density at radius 2 is 1.83 bits per heavy atom. The van der Waals surface area contributed by atoms with Crippen molar-refractivity contribution in [3.05, 3.63) is 63.6 Å². The molecule has 0 radical (unpaired) electrons. The van der Waals surface area contributed by atoms with Crippen molar-refractivity contribution in [2.75, 3.05) is 20.2 Å². The van der Waals surface area contributed by atoms with Gasteiger partial charge in [0.25, 0.3) is 0 Å². The molecule has 23 heavy (non-hydrogen) atoms. The van der Waals surface area contributed by atoms with E-state index >= 15 is 0 Å². The lowest BCUT2D eigenvalue weighted by Crippen LogP contribution is -3.11. The molecular weight excluding hydrogens is 329 g/mol. The number of piperidine rings is 1. The molecule has 1 aliphatic heterocycles. The zero-order valence-corrected chi connectivity index (χ0v) is 14.8. The fraction of sp³-hybridized carbons (Fsp3) is 0.368. The third-order valence-corrected chi connectivity index (χ3v) is 5.31. The van der Waals surface area contributed by atoms with Gasteiger partial charge in [0.05, 0.1) is 25.2 Å². The molecule has 122 valence electrons. The van der Waals surface area contributed by atoms with Gasteiger partial charge in [0, 0.05) is 23.4 Å². The first-order valence-corrected chi connectivity index (χ1v) is 8.83. The highest BCUT2D eigenvalue weighted by Crippen LogP contribution is 2.31. The van der Waals surface area contributed by atoms with Crippen molar-refractivity contribution >= 4 is 23.2 Å². The maximum absolute atomic E-state index is 6.30. The van der Waals surface area contributed by atoms with E-state index in [1.54, 1.807) is 12.0 Å². The van der Waals surface area contributed by atoms with Gasteiger partial charge in [-0.2, -0.15) is 0 Å². The minimum absolute atomic E-state index is 0.593. The number of halogens is 2. The summed E-state index contributed by atoms with van der Waals surface area (Å²) in [7, 11) is 1.75. The quantitative estimate of drug-likeness (QED) is 0.880. The fourth-order valence-corrected chi connectivity index (χ4v) is 3.93. The number of hydrogen-bond acceptors (Lipinski definition) is 1. The Hall–Kier alpha value is -1.22. The van der Waals surface area contributed by atoms with Crippen LogP contribution in [0.2, 0.25) is 10.0 Å². The summed E-state index contributed by atoms with van der Waals surface area (Å²) in [6, 6.07) is 14.2. The zero-order valence-electron chi connectivity index (χ0n) is 13.3. The Morgan fingerprint density at radius 3 is 2.52 bits per heavy atom. The molecule has 3 rings (SSSR count). The van der Waals surface area contributed by atoms with Crippen LogP contribution >= 0.6 is 23.2 Å². The van der Waals surface area contributed by atoms with Gasteiger partial charge in [0.15, 0.2) is 0 Å². The van der Waals surface area contributed by atoms with E-state index in [0.717, 1.165) is 30.4 Å². The smallest absolute Gasteiger partial charge is 0.122 e. The van der Waals surface area contributed by atoms with Crippen molar-refractivity contribution < 1.29 is 9.64 Å². The Kier molecular flexibility index (Phi) is 5.47. The van der Waals surface area contributed by atoms with Crippen LogP contribution in [0.4, 0.5) is 0 Å². The molecule has 1 heterocycles. The van der Waals surface area contributed by atoms with Gasteiger partial charge in [-0.1, -0.05) is 47.5 Å². The number of likely N-dealkylation sites (tertiary alicyclic amines) is 1. The minimum Gasteiger partial charge on any atom is -0.496 e. The Balaban J connectivity index is 1.62. The van der Waals surface area contributed by atoms with Crippen LogP contribution in [-0.2, 0) is 6.54 Å². The van der Waals surface area contributed by atoms with E-state index in [2.05, 4.69) is 18.2 Å². The molecule has 1 saturated heterocycles. The van der Waals surface area contributed by atoms with Crippen LogP contribution in [0, 0.1) is 0 Å². The second-order valence-corrected chi connectivity index (χ2v) is 7.02. The summed E-state index contributed by atoms with van der Waals surface area (Å²) in [5.74, 6) is 1.61. The van der Waals surface area contributed by atoms with Gasteiger partial charge >= 0.3 is 0 Å². The Bertz CT molecular complexity index is 666. The molecule has 0 atom stereocenters. The molecule has 2 aromatic rings. The summed E-state index contributed by atoms with van der Waals surface area (Å²) in [5, 5.41) is 1.47. The standard InChI is InChI=1S/C19H21Cl2NO/c1-23-19-5-3-2-4-17(19)14-8-10-22(11-9-14)13-15-6-7-16(20)12-18(15)21/h2-7,12,14H,8-11,13H2,1H3/p+1. The first-order valence-electron chi connectivity index (χ1n) is 8.08. The molecule has 4 heteroatoms. The van der Waals surface area contributed by atoms with Gasteiger partial charge < -0.3 is 9.64 Å². The monoisotopic (exact) mass is 350 g/mol. The number of rotatable bonds is 4. The lowest BCUT2D eigenvalue weighted by molar-refractivity contribution is -0.919. The third-order valence-electron chi connectivity index (χ3n) is 4.73. The molecule has 1 fully saturated rings. The molecule has 0 spiro atoms. The van der Waals surface area contributed by atoms with Crippen LogP contribution in [-0.4, -0.2) is 20.2 Å². The molecule has 0 unspecified atom stereocenters. The number of para-hydroxylation sites is 1. The number of hydrogen-bond donors (Lipinski definition) is 1. The van der Waals surface area contributed by atoms with Crippen LogP contribution < -0.4 is 9.64 Å². The summed E-state index contributed by atoms with van der Waals surface area (Å²) in [6.07, 6.45) is 2.36. The summed E-state index contributed by atoms with van der Waals surface area (Å²) in [5.41, 5.74) is 2.53. The van der Waals surface area contributed by atoms with Crippen molar-refractivity contribution in [1.29, 1.82) is 0 Å². The van der Waals surface area contributed by atoms with E-state index < -0.39 is 0 Å². The highest BCUT2D eigenvalue weighted by atomic mass is 35.5. The SMILES string of the molecule is COc1ccccc1C1CC[NH+](Cc2ccc(Cl)cc2Cl)CC1. The molecule has 2 nitrogen and oxygen atoms in total. The number of benzene rings is 2. The lowest BCUT2D eigenvalue weighted by Gasteiger charge is -2.30. The molecule has 0 bridgehead atoms. The topological polar surface area (TPSA) is 13.7 Å². The second-order valence-electron chi connectivity index (χ2n) is 6.18. The molecule has 0 saturated carbocycles. The van der Waals surface area contributed by atoms with Gasteiger partial charge in [-0.25, -0.2) is 0 Å². The molecular formula is C19H22Cl2NO+. The van der Waals surface area contributed by atoms with Gasteiger partial charge in [0.1, 0.15) is 12.3 Å². The molecule has 2 aromatic carbocycles. The van der Waals surface area contributed by atoms with Gasteiger partial charge in [-0.15, -0.1) is 0 Å². The summed E-state index contributed by atoms with van der Waals surface area (Å²) in [6.45, 7) is 3.28. The van der Waals surface area contributed by atoms with E-state index in [1.807, 2.05) is 24.3 Å². The van der Waals surface area contributed by atoms with E-state index in [0.29, 0.717) is 10.9 Å². The normalized spacial score (nSPS) is 21.2. The van der Waals surface area contributed by atoms with Crippen molar-refractivity contribution in [2.45, 2.75) is 25.3 Å². The van der Waals surface area contributed by atoms with Crippen molar-refractivity contribution in [1.82, 2.24) is 0 Å². The highest BCUT2D eigenvalue weighted by molar-refractivity contribution is 6.35. The largest absolute Gasteiger partial charge is 0.496 e. The molecule has 0 amide bonds. The van der Waals surface area contributed by atoms with Crippen molar-refractivity contribution in [3.8, 4) is 5.75 Å². The van der Waals surface area contributed by atoms with Crippen LogP contribution in [0.1, 0.15) is 29.9 Å². The average molecular weight is 351 g/mol. The maximum atomic E-state index is 6.30. The number of nitrogens with one attached hydrogen (secondary N) is 1. The van der Waals surface area contributed by atoms with E-state index in [9.17, 15) is 0 Å². The Morgan fingerprint density at radius 1 is 1.09 bits per heavy atom. The minimum atomic E-state index is 0.593. The second kappa shape index (κ2) is 7.57. The van der Waals surface area contributed by atoms with Gasteiger partial charge in [0.2, 0.25) is 0 Å². The first kappa shape index (κ1) is 16.6. The predicted molar refractivity (Wildman–Crippen MR) is 95.8 cm³/mol. The number of methoxy groups -OCH3 is 1. The van der Waals surface area contributed by atoms with E-state index in [1.165, 1.54) is 24.0 Å². The molecule has 1 N–H and O–H groups in total. The summed E-state index contributed by atoms with van der Waals surface area (Å²) in [4.78, 5) is 1.58. The average Bonchev–Trinajstić information content (AvgIpc) is 2.58. The van der Waals surface area contributed by atoms with E-state index in [-0.39, 0.29) is 0 Å². The van der Waals surface area contributed by atoms with Gasteiger partial charge in [-0.3, -0.25) is 0 Å². The van der Waals surface area contributed by atoms with Crippen LogP contribution in [0.3, 0.4) is 0 Å². The zero-order chi connectivity index (χ0) is 16.2. The number of quaternary nitrogens is 1. The third kappa shape index (κ3) is 4.00. The van der Waals surface area contributed by atoms with E-state index in [4.69, 9.17) is 27.9 Å². The first-order chi connectivity index (χ1) is 11.2. The summed E-state index contributed by atoms with van der Waals surface area (Å²) < 4.78 is 5.51. The van der Waals surface area contributed by atoms with Crippen LogP contribution in [0.5, 0.6) is 5.75 Å². The predicted octanol–water partition coefficient (Wildman–Crippen LogP) is 3.96. The van der Waals surface area contributed by atoms with Crippen molar-refractivity contribution in [2.24, 2.45) is 0 Å². The summed E-state index contributed by atoms with van der Waals surface area (Å²) >= 11 is 12.3. The number of ether oxygens (including phenoxy) is 1. The lowest BCUT2D eigenvalue weighted by atomic mass is 9.88. The van der Waals surface area contributed by atoms with Crippen molar-refractivity contribution in [3.63, 3.8) is 0 Å². The van der Waals surface area contributed by atoms with Crippen LogP contribution in [0.25, 0.3) is 0 Å². The van der Waals surface area contributed by atoms with Gasteiger partial charge in [-0.05, 0) is 29.7 Å². The Labute approximate surface area is 148 Å². The molecule has 1 aliphatic rings. The maximum Gasteiger partial charge on any atom is 0.122 e. The molecule has 0 aromatic heterocycles. The van der Waals surface area contributed by atoms with Crippen LogP contribution in [0.15, 0.2) is 42.5 Å². The fourth-order valence-electron chi connectivity index (χ4n) is 3.45. The molecule has 0 aliphatic carbocycles. The highest BCUT2D eigenvalue weighted by Gasteiger charge is 2.25.